The van der Waals surface area contributed by atoms with Crippen molar-refractivity contribution in [3.63, 3.8) is 0 Å². The zero-order valence-electron chi connectivity index (χ0n) is 12.0. The Morgan fingerprint density at radius 3 is 2.39 bits per heavy atom. The van der Waals surface area contributed by atoms with Crippen LogP contribution in [-0.2, 0) is 4.79 Å². The summed E-state index contributed by atoms with van der Waals surface area (Å²) in [6.07, 6.45) is -0.208. The number of nitrogens with zero attached hydrogens (tertiary/aromatic N) is 2. The first-order valence-electron chi connectivity index (χ1n) is 6.78. The minimum atomic E-state index is -1.03. The van der Waals surface area contributed by atoms with Gasteiger partial charge in [0.15, 0.2) is 0 Å². The first-order chi connectivity index (χ1) is 11.0. The Bertz CT molecular complexity index is 792. The lowest BCUT2D eigenvalue weighted by atomic mass is 9.99. The lowest BCUT2D eigenvalue weighted by Gasteiger charge is -2.08. The Labute approximate surface area is 131 Å². The van der Waals surface area contributed by atoms with E-state index in [4.69, 9.17) is 15.6 Å². The quantitative estimate of drug-likeness (QED) is 0.502. The Morgan fingerprint density at radius 1 is 1.17 bits per heavy atom. The van der Waals surface area contributed by atoms with Crippen LogP contribution >= 0.6 is 0 Å². The number of aliphatic carboxylic acids is 1. The van der Waals surface area contributed by atoms with Crippen molar-refractivity contribution in [2.45, 2.75) is 12.8 Å². The second-order valence-electron chi connectivity index (χ2n) is 4.82. The average molecular weight is 312 g/mol. The van der Waals surface area contributed by atoms with Gasteiger partial charge in [-0.3, -0.25) is 4.79 Å². The molecule has 5 nitrogen and oxygen atoms in total. The summed E-state index contributed by atoms with van der Waals surface area (Å²) < 4.78 is 14.3. The van der Waals surface area contributed by atoms with Crippen molar-refractivity contribution in [2.75, 3.05) is 0 Å². The molecule has 2 N–H and O–H groups in total. The van der Waals surface area contributed by atoms with Gasteiger partial charge < -0.3 is 10.3 Å². The fraction of sp³-hybridized carbons (Fsp3) is 0.118. The van der Waals surface area contributed by atoms with Crippen LogP contribution in [0, 0.1) is 17.1 Å². The normalized spacial score (nSPS) is 11.0. The van der Waals surface area contributed by atoms with Gasteiger partial charge in [0.05, 0.1) is 23.8 Å². The SMILES string of the molecule is N#Cc1ccc(-c2ccc(/C(CCC(=O)O)=N/O)cc2F)cc1. The molecule has 0 atom stereocenters. The van der Waals surface area contributed by atoms with Gasteiger partial charge >= 0.3 is 5.97 Å². The molecule has 0 radical (unpaired) electrons. The molecule has 0 aliphatic heterocycles. The number of carboxylic acids is 1. The fourth-order valence-electron chi connectivity index (χ4n) is 2.13. The zero-order chi connectivity index (χ0) is 16.8. The van der Waals surface area contributed by atoms with Crippen molar-refractivity contribution in [1.29, 1.82) is 5.26 Å². The van der Waals surface area contributed by atoms with E-state index >= 15 is 0 Å². The monoisotopic (exact) mass is 312 g/mol. The van der Waals surface area contributed by atoms with E-state index in [2.05, 4.69) is 5.16 Å². The van der Waals surface area contributed by atoms with Crippen LogP contribution in [0.15, 0.2) is 47.6 Å². The van der Waals surface area contributed by atoms with E-state index < -0.39 is 11.8 Å². The molecule has 2 rings (SSSR count). The molecule has 0 spiro atoms. The lowest BCUT2D eigenvalue weighted by molar-refractivity contribution is -0.136. The Hall–Kier alpha value is -3.20. The molecule has 116 valence electrons. The molecule has 0 amide bonds. The third kappa shape index (κ3) is 3.92. The summed E-state index contributed by atoms with van der Waals surface area (Å²) in [5.41, 5.74) is 1.87. The van der Waals surface area contributed by atoms with Crippen LogP contribution < -0.4 is 0 Å². The van der Waals surface area contributed by atoms with Gasteiger partial charge in [-0.2, -0.15) is 5.26 Å². The second kappa shape index (κ2) is 7.18. The third-order valence-electron chi connectivity index (χ3n) is 3.32. The van der Waals surface area contributed by atoms with Crippen LogP contribution in [0.4, 0.5) is 4.39 Å². The molecule has 0 heterocycles. The van der Waals surface area contributed by atoms with Gasteiger partial charge in [0.25, 0.3) is 0 Å². The van der Waals surface area contributed by atoms with Gasteiger partial charge in [-0.15, -0.1) is 0 Å². The van der Waals surface area contributed by atoms with Crippen LogP contribution in [0.1, 0.15) is 24.0 Å². The van der Waals surface area contributed by atoms with Gasteiger partial charge in [-0.1, -0.05) is 29.4 Å². The van der Waals surface area contributed by atoms with Gasteiger partial charge in [0, 0.05) is 17.5 Å². The van der Waals surface area contributed by atoms with Crippen molar-refractivity contribution < 1.29 is 19.5 Å². The van der Waals surface area contributed by atoms with E-state index in [1.807, 2.05) is 6.07 Å². The van der Waals surface area contributed by atoms with Crippen molar-refractivity contribution in [3.8, 4) is 17.2 Å². The van der Waals surface area contributed by atoms with Crippen LogP contribution in [0.2, 0.25) is 0 Å². The summed E-state index contributed by atoms with van der Waals surface area (Å²) in [5.74, 6) is -1.55. The molecular formula is C17H13FN2O3. The minimum absolute atomic E-state index is 0.00147. The maximum absolute atomic E-state index is 14.3. The van der Waals surface area contributed by atoms with E-state index in [1.54, 1.807) is 30.3 Å². The Morgan fingerprint density at radius 2 is 1.87 bits per heavy atom. The molecule has 23 heavy (non-hydrogen) atoms. The van der Waals surface area contributed by atoms with Crippen molar-refractivity contribution in [3.05, 3.63) is 59.4 Å². The molecule has 2 aromatic rings. The Kier molecular flexibility index (Phi) is 5.05. The molecule has 0 aromatic heterocycles. The van der Waals surface area contributed by atoms with Gasteiger partial charge in [-0.05, 0) is 23.8 Å². The highest BCUT2D eigenvalue weighted by Gasteiger charge is 2.12. The molecule has 0 bridgehead atoms. The van der Waals surface area contributed by atoms with Gasteiger partial charge in [-0.25, -0.2) is 4.39 Å². The smallest absolute Gasteiger partial charge is 0.303 e. The number of carboxylic acid groups (broad SMARTS) is 1. The number of rotatable bonds is 5. The van der Waals surface area contributed by atoms with E-state index in [0.29, 0.717) is 22.3 Å². The number of carbonyl (C=O) groups is 1. The number of oxime groups is 1. The topological polar surface area (TPSA) is 93.7 Å². The van der Waals surface area contributed by atoms with E-state index in [0.717, 1.165) is 0 Å². The molecule has 2 aromatic carbocycles. The molecule has 0 aliphatic carbocycles. The second-order valence-corrected chi connectivity index (χ2v) is 4.82. The lowest BCUT2D eigenvalue weighted by Crippen LogP contribution is -2.06. The van der Waals surface area contributed by atoms with Crippen molar-refractivity contribution in [2.24, 2.45) is 5.16 Å². The maximum Gasteiger partial charge on any atom is 0.303 e. The van der Waals surface area contributed by atoms with Crippen LogP contribution in [-0.4, -0.2) is 22.0 Å². The Balaban J connectivity index is 2.29. The third-order valence-corrected chi connectivity index (χ3v) is 3.32. The van der Waals surface area contributed by atoms with Crippen molar-refractivity contribution >= 4 is 11.7 Å². The molecule has 6 heteroatoms. The molecule has 0 fully saturated rings. The zero-order valence-corrected chi connectivity index (χ0v) is 12.0. The summed E-state index contributed by atoms with van der Waals surface area (Å²) in [6, 6.07) is 12.7. The summed E-state index contributed by atoms with van der Waals surface area (Å²) >= 11 is 0. The molecule has 0 saturated heterocycles. The van der Waals surface area contributed by atoms with Crippen LogP contribution in [0.25, 0.3) is 11.1 Å². The largest absolute Gasteiger partial charge is 0.481 e. The van der Waals surface area contributed by atoms with Crippen LogP contribution in [0.3, 0.4) is 0 Å². The fourth-order valence-corrected chi connectivity index (χ4v) is 2.13. The van der Waals surface area contributed by atoms with E-state index in [9.17, 15) is 9.18 Å². The van der Waals surface area contributed by atoms with Gasteiger partial charge in [0.1, 0.15) is 5.82 Å². The first kappa shape index (κ1) is 16.2. The number of hydrogen-bond acceptors (Lipinski definition) is 4. The van der Waals surface area contributed by atoms with E-state index in [1.165, 1.54) is 12.1 Å². The number of hydrogen-bond donors (Lipinski definition) is 2. The first-order valence-corrected chi connectivity index (χ1v) is 6.78. The summed E-state index contributed by atoms with van der Waals surface area (Å²) in [4.78, 5) is 10.6. The number of halogens is 1. The van der Waals surface area contributed by atoms with Gasteiger partial charge in [0.2, 0.25) is 0 Å². The number of benzene rings is 2. The molecule has 0 aliphatic rings. The highest BCUT2D eigenvalue weighted by Crippen LogP contribution is 2.24. The highest BCUT2D eigenvalue weighted by molar-refractivity contribution is 6.01. The minimum Gasteiger partial charge on any atom is -0.481 e. The molecular weight excluding hydrogens is 299 g/mol. The highest BCUT2D eigenvalue weighted by atomic mass is 19.1. The number of nitriles is 1. The standard InChI is InChI=1S/C17H13FN2O3/c18-15-9-13(16(20-23)7-8-17(21)22)5-6-14(15)12-3-1-11(10-19)2-4-12/h1-6,9,23H,7-8H2,(H,21,22)/b20-16+. The van der Waals surface area contributed by atoms with Crippen LogP contribution in [0.5, 0.6) is 0 Å². The maximum atomic E-state index is 14.3. The predicted octanol–water partition coefficient (Wildman–Crippen LogP) is 3.41. The summed E-state index contributed by atoms with van der Waals surface area (Å²) in [6.45, 7) is 0. The average Bonchev–Trinajstić information content (AvgIpc) is 2.55. The summed E-state index contributed by atoms with van der Waals surface area (Å²) in [5, 5.41) is 29.4. The van der Waals surface area contributed by atoms with Crippen molar-refractivity contribution in [1.82, 2.24) is 0 Å². The summed E-state index contributed by atoms with van der Waals surface area (Å²) in [7, 11) is 0. The molecule has 0 unspecified atom stereocenters. The van der Waals surface area contributed by atoms with E-state index in [-0.39, 0.29) is 18.6 Å². The molecule has 0 saturated carbocycles. The predicted molar refractivity (Wildman–Crippen MR) is 81.7 cm³/mol.